The number of halogens is 3. The van der Waals surface area contributed by atoms with Crippen LogP contribution >= 0.6 is 23.5 Å². The van der Waals surface area contributed by atoms with E-state index in [0.717, 1.165) is 6.07 Å². The second-order valence-electron chi connectivity index (χ2n) is 7.14. The second kappa shape index (κ2) is 9.34. The molecule has 0 saturated heterocycles. The number of imidazole rings is 1. The van der Waals surface area contributed by atoms with Gasteiger partial charge in [0.1, 0.15) is 0 Å². The second-order valence-corrected chi connectivity index (χ2v) is 9.64. The summed E-state index contributed by atoms with van der Waals surface area (Å²) >= 11 is 2.96. The fourth-order valence-electron chi connectivity index (χ4n) is 3.28. The number of aryl methyl sites for hydroxylation is 1. The van der Waals surface area contributed by atoms with Gasteiger partial charge in [-0.1, -0.05) is 40.2 Å². The quantitative estimate of drug-likeness (QED) is 0.341. The maximum absolute atomic E-state index is 14.1. The molecule has 0 aliphatic heterocycles. The van der Waals surface area contributed by atoms with Gasteiger partial charge in [-0.25, -0.2) is 9.59 Å². The lowest BCUT2D eigenvalue weighted by Crippen LogP contribution is -2.24. The number of alkyl halides is 2. The van der Waals surface area contributed by atoms with E-state index in [1.165, 1.54) is 28.4 Å². The number of esters is 1. The highest BCUT2D eigenvalue weighted by Gasteiger charge is 2.51. The summed E-state index contributed by atoms with van der Waals surface area (Å²) in [5.74, 6) is -0.498. The van der Waals surface area contributed by atoms with Crippen molar-refractivity contribution in [1.29, 1.82) is 0 Å². The summed E-state index contributed by atoms with van der Waals surface area (Å²) in [7, 11) is -4.45. The van der Waals surface area contributed by atoms with Crippen molar-refractivity contribution < 1.29 is 32.7 Å². The van der Waals surface area contributed by atoms with Crippen LogP contribution in [0.1, 0.15) is 28.4 Å². The first kappa shape index (κ1) is 25.0. The minimum Gasteiger partial charge on any atom is -0.465 e. The molecule has 176 valence electrons. The normalized spacial score (nSPS) is 12.1. The van der Waals surface area contributed by atoms with Crippen LogP contribution in [0.3, 0.4) is 0 Å². The molecule has 0 radical (unpaired) electrons. The van der Waals surface area contributed by atoms with E-state index in [2.05, 4.69) is 20.7 Å². The number of nitrogens with zero attached hydrogens (tertiary/aromatic N) is 2. The topological polar surface area (TPSA) is 111 Å². The third kappa shape index (κ3) is 4.86. The van der Waals surface area contributed by atoms with Crippen molar-refractivity contribution >= 4 is 29.5 Å². The number of benzene rings is 2. The van der Waals surface area contributed by atoms with Crippen LogP contribution in [0, 0.1) is 0 Å². The summed E-state index contributed by atoms with van der Waals surface area (Å²) < 4.78 is 46.8. The van der Waals surface area contributed by atoms with Gasteiger partial charge in [0.15, 0.2) is 0 Å². The zero-order valence-corrected chi connectivity index (χ0v) is 20.0. The van der Waals surface area contributed by atoms with Crippen molar-refractivity contribution in [2.45, 2.75) is 25.7 Å². The molecule has 0 saturated carbocycles. The van der Waals surface area contributed by atoms with Crippen molar-refractivity contribution in [3.63, 3.8) is 0 Å². The van der Waals surface area contributed by atoms with Gasteiger partial charge in [-0.3, -0.25) is 13.7 Å². The molecule has 0 unspecified atom stereocenters. The van der Waals surface area contributed by atoms with Gasteiger partial charge in [0.25, 0.3) is 0 Å². The van der Waals surface area contributed by atoms with Gasteiger partial charge in [-0.15, -0.1) is 0 Å². The number of methoxy groups -OCH3 is 1. The summed E-state index contributed by atoms with van der Waals surface area (Å²) in [5, 5.41) is 0. The van der Waals surface area contributed by atoms with Crippen LogP contribution in [0.4, 0.5) is 8.78 Å². The van der Waals surface area contributed by atoms with Crippen molar-refractivity contribution in [2.24, 2.45) is 0 Å². The zero-order valence-electron chi connectivity index (χ0n) is 17.5. The summed E-state index contributed by atoms with van der Waals surface area (Å²) in [6, 6.07) is 9.95. The first-order valence-electron chi connectivity index (χ1n) is 9.61. The molecule has 1 heterocycles. The number of hydrogen-bond acceptors (Lipinski definition) is 4. The Balaban J connectivity index is 2.02. The Labute approximate surface area is 195 Å². The van der Waals surface area contributed by atoms with E-state index in [0.29, 0.717) is 28.9 Å². The molecule has 0 spiro atoms. The van der Waals surface area contributed by atoms with E-state index in [9.17, 15) is 22.9 Å². The van der Waals surface area contributed by atoms with Crippen molar-refractivity contribution in [3.05, 3.63) is 80.3 Å². The van der Waals surface area contributed by atoms with Gasteiger partial charge >= 0.3 is 24.9 Å². The molecule has 8 nitrogen and oxygen atoms in total. The fourth-order valence-corrected chi connectivity index (χ4v) is 4.61. The van der Waals surface area contributed by atoms with E-state index in [1.54, 1.807) is 37.4 Å². The van der Waals surface area contributed by atoms with E-state index < -0.39 is 24.8 Å². The molecule has 2 N–H and O–H groups in total. The molecule has 12 heteroatoms. The zero-order chi connectivity index (χ0) is 24.6. The maximum atomic E-state index is 14.1. The largest absolute Gasteiger partial charge is 0.465 e. The molecule has 0 aliphatic carbocycles. The molecule has 3 aromatic rings. The molecular formula is C21H20BrF2N2O6P. The summed E-state index contributed by atoms with van der Waals surface area (Å²) in [5.41, 5.74) is -3.55. The molecule has 0 bridgehead atoms. The summed E-state index contributed by atoms with van der Waals surface area (Å²) in [6.45, 7) is 2.21. The SMILES string of the molecule is CCn1cc(-c2ccc(C(=O)OC)cc2)n(Cc2ccc(C(F)(F)P(=O)(O)O)c(Br)c2)c1=O. The standard InChI is InChI=1S/C21H20BrF2N2O6P/c1-3-25-12-18(14-5-7-15(8-6-14)19(27)32-2)26(20(25)28)11-13-4-9-16(17(22)10-13)21(23,24)33(29,30)31/h4-10,12H,3,11H2,1-2H3,(H2,29,30,31). The van der Waals surface area contributed by atoms with E-state index >= 15 is 0 Å². The summed E-state index contributed by atoms with van der Waals surface area (Å²) in [6.07, 6.45) is 1.65. The van der Waals surface area contributed by atoms with Crippen LogP contribution in [0.5, 0.6) is 0 Å². The van der Waals surface area contributed by atoms with Gasteiger partial charge in [-0.05, 0) is 36.2 Å². The third-order valence-corrected chi connectivity index (χ3v) is 6.68. The molecule has 33 heavy (non-hydrogen) atoms. The van der Waals surface area contributed by atoms with Crippen LogP contribution in [-0.4, -0.2) is 32.0 Å². The lowest BCUT2D eigenvalue weighted by molar-refractivity contribution is 0.0557. The average Bonchev–Trinajstić information content (AvgIpc) is 3.07. The predicted molar refractivity (Wildman–Crippen MR) is 120 cm³/mol. The van der Waals surface area contributed by atoms with Crippen LogP contribution in [0.15, 0.2) is 57.9 Å². The smallest absolute Gasteiger partial charge is 0.399 e. The van der Waals surface area contributed by atoms with Gasteiger partial charge in [0.2, 0.25) is 0 Å². The minimum atomic E-state index is -5.72. The number of hydrogen-bond donors (Lipinski definition) is 2. The molecule has 1 aromatic heterocycles. The van der Waals surface area contributed by atoms with E-state index in [4.69, 9.17) is 9.79 Å². The molecular weight excluding hydrogens is 525 g/mol. The number of carbonyl (C=O) groups excluding carboxylic acids is 1. The van der Waals surface area contributed by atoms with Crippen molar-refractivity contribution in [3.8, 4) is 11.3 Å². The Bertz CT molecular complexity index is 1300. The number of ether oxygens (including phenoxy) is 1. The van der Waals surface area contributed by atoms with Gasteiger partial charge in [0, 0.05) is 22.8 Å². The highest BCUT2D eigenvalue weighted by molar-refractivity contribution is 9.10. The maximum Gasteiger partial charge on any atom is 0.399 e. The molecule has 2 aromatic carbocycles. The molecule has 0 amide bonds. The molecule has 3 rings (SSSR count). The third-order valence-electron chi connectivity index (χ3n) is 5.05. The van der Waals surface area contributed by atoms with Gasteiger partial charge < -0.3 is 14.5 Å². The predicted octanol–water partition coefficient (Wildman–Crippen LogP) is 4.16. The highest BCUT2D eigenvalue weighted by Crippen LogP contribution is 2.60. The first-order chi connectivity index (χ1) is 15.4. The Morgan fingerprint density at radius 2 is 1.82 bits per heavy atom. The Morgan fingerprint density at radius 1 is 1.18 bits per heavy atom. The van der Waals surface area contributed by atoms with Crippen molar-refractivity contribution in [1.82, 2.24) is 9.13 Å². The number of carbonyl (C=O) groups is 1. The Hall–Kier alpha value is -2.59. The van der Waals surface area contributed by atoms with Crippen LogP contribution in [-0.2, 0) is 28.1 Å². The number of aromatic nitrogens is 2. The first-order valence-corrected chi connectivity index (χ1v) is 12.0. The van der Waals surface area contributed by atoms with E-state index in [1.807, 2.05) is 0 Å². The highest BCUT2D eigenvalue weighted by atomic mass is 79.9. The minimum absolute atomic E-state index is 0.0142. The lowest BCUT2D eigenvalue weighted by atomic mass is 10.1. The van der Waals surface area contributed by atoms with Crippen molar-refractivity contribution in [2.75, 3.05) is 7.11 Å². The molecule has 0 fully saturated rings. The Kier molecular flexibility index (Phi) is 7.09. The van der Waals surface area contributed by atoms with Crippen LogP contribution < -0.4 is 5.69 Å². The van der Waals surface area contributed by atoms with Gasteiger partial charge in [0.05, 0.1) is 24.9 Å². The number of rotatable bonds is 7. The summed E-state index contributed by atoms with van der Waals surface area (Å²) in [4.78, 5) is 42.5. The average molecular weight is 545 g/mol. The monoisotopic (exact) mass is 544 g/mol. The van der Waals surface area contributed by atoms with Gasteiger partial charge in [-0.2, -0.15) is 8.78 Å². The van der Waals surface area contributed by atoms with Crippen LogP contribution in [0.25, 0.3) is 11.3 Å². The molecule has 0 atom stereocenters. The molecule has 0 aliphatic rings. The van der Waals surface area contributed by atoms with E-state index in [-0.39, 0.29) is 16.7 Å². The lowest BCUT2D eigenvalue weighted by Gasteiger charge is -2.19. The van der Waals surface area contributed by atoms with Crippen LogP contribution in [0.2, 0.25) is 0 Å². The Morgan fingerprint density at radius 3 is 2.33 bits per heavy atom. The fraction of sp³-hybridized carbons (Fsp3) is 0.238.